The number of likely N-dealkylation sites (N-methyl/N-ethyl adjacent to an activating group) is 1. The standard InChI is InChI=1S/C9H20N2O/c1-10-5-8-12-9-3-6-11(2)7-4-9/h9-10H,3-8H2,1-2H3. The molecule has 1 fully saturated rings. The van der Waals surface area contributed by atoms with Crippen LogP contribution in [0.2, 0.25) is 0 Å². The van der Waals surface area contributed by atoms with Crippen molar-refractivity contribution in [3.8, 4) is 0 Å². The summed E-state index contributed by atoms with van der Waals surface area (Å²) < 4.78 is 5.68. The van der Waals surface area contributed by atoms with Crippen molar-refractivity contribution in [1.29, 1.82) is 0 Å². The van der Waals surface area contributed by atoms with E-state index in [1.165, 1.54) is 25.9 Å². The second-order valence-corrected chi connectivity index (χ2v) is 3.48. The molecule has 0 spiro atoms. The first-order chi connectivity index (χ1) is 5.83. The first-order valence-electron chi connectivity index (χ1n) is 4.77. The van der Waals surface area contributed by atoms with E-state index in [4.69, 9.17) is 4.74 Å². The number of likely N-dealkylation sites (tertiary alicyclic amines) is 1. The predicted octanol–water partition coefficient (Wildman–Crippen LogP) is 0.317. The van der Waals surface area contributed by atoms with Gasteiger partial charge >= 0.3 is 0 Å². The van der Waals surface area contributed by atoms with Gasteiger partial charge in [0.05, 0.1) is 12.7 Å². The summed E-state index contributed by atoms with van der Waals surface area (Å²) in [5.41, 5.74) is 0. The Morgan fingerprint density at radius 1 is 1.42 bits per heavy atom. The van der Waals surface area contributed by atoms with Crippen molar-refractivity contribution in [2.75, 3.05) is 40.3 Å². The van der Waals surface area contributed by atoms with Gasteiger partial charge in [0.25, 0.3) is 0 Å². The van der Waals surface area contributed by atoms with E-state index in [2.05, 4.69) is 17.3 Å². The van der Waals surface area contributed by atoms with Crippen LogP contribution in [0.25, 0.3) is 0 Å². The SMILES string of the molecule is CNCCOC1CCN(C)CC1. The molecule has 0 aromatic heterocycles. The fourth-order valence-electron chi connectivity index (χ4n) is 1.48. The molecular weight excluding hydrogens is 152 g/mol. The van der Waals surface area contributed by atoms with Crippen molar-refractivity contribution in [2.24, 2.45) is 0 Å². The predicted molar refractivity (Wildman–Crippen MR) is 50.4 cm³/mol. The molecule has 12 heavy (non-hydrogen) atoms. The summed E-state index contributed by atoms with van der Waals surface area (Å²) >= 11 is 0. The van der Waals surface area contributed by atoms with E-state index in [9.17, 15) is 0 Å². The van der Waals surface area contributed by atoms with E-state index in [0.29, 0.717) is 6.10 Å². The molecule has 1 aliphatic heterocycles. The highest BCUT2D eigenvalue weighted by molar-refractivity contribution is 4.69. The second-order valence-electron chi connectivity index (χ2n) is 3.48. The van der Waals surface area contributed by atoms with Gasteiger partial charge < -0.3 is 15.0 Å². The lowest BCUT2D eigenvalue weighted by molar-refractivity contribution is 0.0148. The Kier molecular flexibility index (Phi) is 4.58. The molecule has 1 rings (SSSR count). The molecule has 0 saturated carbocycles. The number of hydrogen-bond donors (Lipinski definition) is 1. The highest BCUT2D eigenvalue weighted by Gasteiger charge is 2.16. The Balaban J connectivity index is 2.01. The second kappa shape index (κ2) is 5.51. The van der Waals surface area contributed by atoms with Gasteiger partial charge in [-0.3, -0.25) is 0 Å². The summed E-state index contributed by atoms with van der Waals surface area (Å²) in [5, 5.41) is 3.08. The van der Waals surface area contributed by atoms with Gasteiger partial charge in [0.15, 0.2) is 0 Å². The summed E-state index contributed by atoms with van der Waals surface area (Å²) in [4.78, 5) is 2.36. The summed E-state index contributed by atoms with van der Waals surface area (Å²) in [7, 11) is 4.13. The van der Waals surface area contributed by atoms with Crippen LogP contribution in [0, 0.1) is 0 Å². The molecule has 0 radical (unpaired) electrons. The summed E-state index contributed by atoms with van der Waals surface area (Å²) in [6.45, 7) is 4.19. The summed E-state index contributed by atoms with van der Waals surface area (Å²) in [6.07, 6.45) is 2.90. The molecule has 0 bridgehead atoms. The van der Waals surface area contributed by atoms with Crippen molar-refractivity contribution in [1.82, 2.24) is 10.2 Å². The highest BCUT2D eigenvalue weighted by atomic mass is 16.5. The average Bonchev–Trinajstić information content (AvgIpc) is 2.09. The van der Waals surface area contributed by atoms with Crippen LogP contribution in [0.15, 0.2) is 0 Å². The van der Waals surface area contributed by atoms with E-state index in [1.807, 2.05) is 7.05 Å². The highest BCUT2D eigenvalue weighted by Crippen LogP contribution is 2.11. The van der Waals surface area contributed by atoms with E-state index < -0.39 is 0 Å². The number of rotatable bonds is 4. The minimum Gasteiger partial charge on any atom is -0.377 e. The molecule has 0 aliphatic carbocycles. The molecule has 1 saturated heterocycles. The molecule has 1 aliphatic rings. The van der Waals surface area contributed by atoms with Crippen LogP contribution in [0.3, 0.4) is 0 Å². The van der Waals surface area contributed by atoms with Gasteiger partial charge in [-0.15, -0.1) is 0 Å². The molecular formula is C9H20N2O. The van der Waals surface area contributed by atoms with Crippen LogP contribution in [-0.2, 0) is 4.74 Å². The lowest BCUT2D eigenvalue weighted by Crippen LogP contribution is -2.35. The smallest absolute Gasteiger partial charge is 0.0600 e. The van der Waals surface area contributed by atoms with Gasteiger partial charge in [-0.2, -0.15) is 0 Å². The summed E-state index contributed by atoms with van der Waals surface area (Å²) in [5.74, 6) is 0. The molecule has 72 valence electrons. The third-order valence-corrected chi connectivity index (χ3v) is 2.37. The van der Waals surface area contributed by atoms with Crippen molar-refractivity contribution in [2.45, 2.75) is 18.9 Å². The Labute approximate surface area is 75.1 Å². The van der Waals surface area contributed by atoms with Crippen molar-refractivity contribution >= 4 is 0 Å². The van der Waals surface area contributed by atoms with E-state index in [0.717, 1.165) is 13.2 Å². The Morgan fingerprint density at radius 2 is 2.08 bits per heavy atom. The van der Waals surface area contributed by atoms with E-state index in [-0.39, 0.29) is 0 Å². The number of ether oxygens (including phenoxy) is 1. The zero-order valence-electron chi connectivity index (χ0n) is 8.18. The normalized spacial score (nSPS) is 21.5. The van der Waals surface area contributed by atoms with E-state index >= 15 is 0 Å². The molecule has 0 unspecified atom stereocenters. The van der Waals surface area contributed by atoms with Gasteiger partial charge in [-0.05, 0) is 26.9 Å². The van der Waals surface area contributed by atoms with Crippen LogP contribution < -0.4 is 5.32 Å². The quantitative estimate of drug-likeness (QED) is 0.618. The van der Waals surface area contributed by atoms with Crippen LogP contribution in [0.5, 0.6) is 0 Å². The van der Waals surface area contributed by atoms with Crippen LogP contribution in [-0.4, -0.2) is 51.3 Å². The van der Waals surface area contributed by atoms with Gasteiger partial charge in [-0.25, -0.2) is 0 Å². The Hall–Kier alpha value is -0.120. The lowest BCUT2D eigenvalue weighted by atomic mass is 10.1. The van der Waals surface area contributed by atoms with Gasteiger partial charge in [0.2, 0.25) is 0 Å². The van der Waals surface area contributed by atoms with Crippen LogP contribution >= 0.6 is 0 Å². The molecule has 3 nitrogen and oxygen atoms in total. The van der Waals surface area contributed by atoms with Crippen molar-refractivity contribution in [3.63, 3.8) is 0 Å². The lowest BCUT2D eigenvalue weighted by Gasteiger charge is -2.28. The minimum atomic E-state index is 0.509. The minimum absolute atomic E-state index is 0.509. The zero-order chi connectivity index (χ0) is 8.81. The largest absolute Gasteiger partial charge is 0.377 e. The first-order valence-corrected chi connectivity index (χ1v) is 4.77. The number of nitrogens with one attached hydrogen (secondary N) is 1. The zero-order valence-corrected chi connectivity index (χ0v) is 8.18. The number of hydrogen-bond acceptors (Lipinski definition) is 3. The molecule has 1 N–H and O–H groups in total. The van der Waals surface area contributed by atoms with Gasteiger partial charge in [-0.1, -0.05) is 0 Å². The maximum Gasteiger partial charge on any atom is 0.0600 e. The van der Waals surface area contributed by atoms with Crippen LogP contribution in [0.4, 0.5) is 0 Å². The van der Waals surface area contributed by atoms with Crippen molar-refractivity contribution in [3.05, 3.63) is 0 Å². The van der Waals surface area contributed by atoms with E-state index in [1.54, 1.807) is 0 Å². The molecule has 0 aromatic carbocycles. The third-order valence-electron chi connectivity index (χ3n) is 2.37. The maximum absolute atomic E-state index is 5.68. The monoisotopic (exact) mass is 172 g/mol. The fraction of sp³-hybridized carbons (Fsp3) is 1.00. The number of nitrogens with zero attached hydrogens (tertiary/aromatic N) is 1. The van der Waals surface area contributed by atoms with Crippen molar-refractivity contribution < 1.29 is 4.74 Å². The molecule has 3 heteroatoms. The maximum atomic E-state index is 5.68. The molecule has 0 aromatic rings. The van der Waals surface area contributed by atoms with Crippen LogP contribution in [0.1, 0.15) is 12.8 Å². The molecule has 0 amide bonds. The van der Waals surface area contributed by atoms with Gasteiger partial charge in [0, 0.05) is 19.6 Å². The topological polar surface area (TPSA) is 24.5 Å². The third kappa shape index (κ3) is 3.52. The molecule has 0 atom stereocenters. The Morgan fingerprint density at radius 3 is 2.67 bits per heavy atom. The number of piperidine rings is 1. The first kappa shape index (κ1) is 9.96. The Bertz CT molecular complexity index is 111. The average molecular weight is 172 g/mol. The molecule has 1 heterocycles. The van der Waals surface area contributed by atoms with Gasteiger partial charge in [0.1, 0.15) is 0 Å². The summed E-state index contributed by atoms with van der Waals surface area (Å²) in [6, 6.07) is 0. The fourth-order valence-corrected chi connectivity index (χ4v) is 1.48.